The number of aromatic carboxylic acids is 1. The zero-order chi connectivity index (χ0) is 26.0. The Bertz CT molecular complexity index is 1540. The molecule has 1 amide bonds. The molecule has 0 bridgehead atoms. The van der Waals surface area contributed by atoms with Crippen LogP contribution in [-0.2, 0) is 4.79 Å². The third-order valence-electron chi connectivity index (χ3n) is 5.27. The summed E-state index contributed by atoms with van der Waals surface area (Å²) in [6.07, 6.45) is 2.94. The molecular formula is C23H17Cl2FN6O4. The summed E-state index contributed by atoms with van der Waals surface area (Å²) >= 11 is 12.0. The van der Waals surface area contributed by atoms with Crippen LogP contribution in [0.15, 0.2) is 59.8 Å². The third-order valence-corrected chi connectivity index (χ3v) is 5.68. The number of carbonyl (C=O) groups is 2. The Balaban J connectivity index is 1.64. The lowest BCUT2D eigenvalue weighted by atomic mass is 10.1. The predicted molar refractivity (Wildman–Crippen MR) is 130 cm³/mol. The van der Waals surface area contributed by atoms with E-state index in [1.807, 2.05) is 0 Å². The first-order chi connectivity index (χ1) is 17.2. The van der Waals surface area contributed by atoms with Crippen molar-refractivity contribution in [2.24, 2.45) is 0 Å². The van der Waals surface area contributed by atoms with Crippen LogP contribution in [0.1, 0.15) is 29.7 Å². The van der Waals surface area contributed by atoms with Crippen LogP contribution < -0.4 is 10.9 Å². The topological polar surface area (TPSA) is 132 Å². The highest BCUT2D eigenvalue weighted by Crippen LogP contribution is 2.28. The molecule has 0 saturated heterocycles. The number of rotatable bonds is 7. The molecule has 10 nitrogen and oxygen atoms in total. The van der Waals surface area contributed by atoms with Crippen LogP contribution in [0.25, 0.3) is 16.9 Å². The molecule has 0 aliphatic carbocycles. The molecule has 2 aromatic carbocycles. The Hall–Kier alpha value is -4.09. The molecule has 184 valence electrons. The molecule has 0 fully saturated rings. The Morgan fingerprint density at radius 3 is 2.56 bits per heavy atom. The van der Waals surface area contributed by atoms with Gasteiger partial charge in [0.2, 0.25) is 5.91 Å². The molecule has 0 aliphatic rings. The standard InChI is InChI=1S/C23H17Cl2FN6O4/c1-2-18(22(34)28-13-4-5-14(23(35)36)16(26)8-13)31-11-27-17(9-21(31)33)15-7-12(24)3-6-19(15)32-10-20(25)29-30-32/h3-11,18H,2H2,1H3,(H,28,34)(H,35,36)/t18-/m0/s1. The summed E-state index contributed by atoms with van der Waals surface area (Å²) in [5.41, 5.74) is 0.303. The number of carboxylic acids is 1. The summed E-state index contributed by atoms with van der Waals surface area (Å²) in [5.74, 6) is -3.02. The lowest BCUT2D eigenvalue weighted by Gasteiger charge is -2.18. The van der Waals surface area contributed by atoms with Crippen molar-refractivity contribution in [3.05, 3.63) is 86.9 Å². The highest BCUT2D eigenvalue weighted by molar-refractivity contribution is 6.31. The van der Waals surface area contributed by atoms with Crippen molar-refractivity contribution in [1.82, 2.24) is 24.5 Å². The minimum absolute atomic E-state index is 0.0497. The van der Waals surface area contributed by atoms with Crippen LogP contribution in [0.4, 0.5) is 10.1 Å². The summed E-state index contributed by atoms with van der Waals surface area (Å²) in [6.45, 7) is 1.70. The largest absolute Gasteiger partial charge is 0.478 e. The van der Waals surface area contributed by atoms with Gasteiger partial charge in [-0.3, -0.25) is 14.2 Å². The highest BCUT2D eigenvalue weighted by atomic mass is 35.5. The normalized spacial score (nSPS) is 11.8. The van der Waals surface area contributed by atoms with Crippen molar-refractivity contribution < 1.29 is 19.1 Å². The summed E-state index contributed by atoms with van der Waals surface area (Å²) in [4.78, 5) is 41.2. The number of hydrogen-bond donors (Lipinski definition) is 2. The molecule has 1 atom stereocenters. The van der Waals surface area contributed by atoms with E-state index in [1.165, 1.54) is 29.3 Å². The lowest BCUT2D eigenvalue weighted by Crippen LogP contribution is -2.33. The van der Waals surface area contributed by atoms with Gasteiger partial charge in [0.1, 0.15) is 11.9 Å². The molecule has 0 saturated carbocycles. The van der Waals surface area contributed by atoms with Gasteiger partial charge in [-0.05, 0) is 42.8 Å². The van der Waals surface area contributed by atoms with Gasteiger partial charge >= 0.3 is 5.97 Å². The van der Waals surface area contributed by atoms with Gasteiger partial charge in [0.15, 0.2) is 5.15 Å². The van der Waals surface area contributed by atoms with Crippen molar-refractivity contribution in [1.29, 1.82) is 0 Å². The summed E-state index contributed by atoms with van der Waals surface area (Å²) in [7, 11) is 0. The zero-order valence-electron chi connectivity index (χ0n) is 18.5. The van der Waals surface area contributed by atoms with Crippen LogP contribution in [0.5, 0.6) is 0 Å². The van der Waals surface area contributed by atoms with Crippen molar-refractivity contribution >= 4 is 40.8 Å². The lowest BCUT2D eigenvalue weighted by molar-refractivity contribution is -0.119. The number of halogens is 3. The van der Waals surface area contributed by atoms with Crippen LogP contribution in [0, 0.1) is 5.82 Å². The SMILES string of the molecule is CC[C@@H](C(=O)Nc1ccc(C(=O)O)c(F)c1)n1cnc(-c2cc(Cl)ccc2-n2cc(Cl)nn2)cc1=O. The van der Waals surface area contributed by atoms with E-state index >= 15 is 0 Å². The van der Waals surface area contributed by atoms with E-state index in [9.17, 15) is 18.8 Å². The van der Waals surface area contributed by atoms with E-state index in [4.69, 9.17) is 28.3 Å². The maximum Gasteiger partial charge on any atom is 0.338 e. The fourth-order valence-corrected chi connectivity index (χ4v) is 3.86. The Labute approximate surface area is 212 Å². The first-order valence-corrected chi connectivity index (χ1v) is 11.2. The second-order valence-corrected chi connectivity index (χ2v) is 8.40. The average Bonchev–Trinajstić information content (AvgIpc) is 3.26. The molecule has 13 heteroatoms. The molecule has 2 heterocycles. The first kappa shape index (κ1) is 25.0. The number of amides is 1. The predicted octanol–water partition coefficient (Wildman–Crippen LogP) is 4.22. The number of hydrogen-bond acceptors (Lipinski definition) is 6. The van der Waals surface area contributed by atoms with E-state index in [2.05, 4.69) is 20.6 Å². The maximum atomic E-state index is 14.0. The molecule has 36 heavy (non-hydrogen) atoms. The van der Waals surface area contributed by atoms with E-state index in [-0.39, 0.29) is 23.0 Å². The van der Waals surface area contributed by atoms with E-state index < -0.39 is 34.9 Å². The average molecular weight is 531 g/mol. The van der Waals surface area contributed by atoms with Crippen LogP contribution >= 0.6 is 23.2 Å². The van der Waals surface area contributed by atoms with E-state index in [1.54, 1.807) is 25.1 Å². The molecule has 2 N–H and O–H groups in total. The minimum Gasteiger partial charge on any atom is -0.478 e. The van der Waals surface area contributed by atoms with Gasteiger partial charge < -0.3 is 10.4 Å². The molecule has 0 aliphatic heterocycles. The van der Waals surface area contributed by atoms with Crippen molar-refractivity contribution in [3.8, 4) is 16.9 Å². The number of benzene rings is 2. The number of anilines is 1. The second kappa shape index (κ2) is 10.3. The van der Waals surface area contributed by atoms with Crippen molar-refractivity contribution in [3.63, 3.8) is 0 Å². The molecule has 0 unspecified atom stereocenters. The van der Waals surface area contributed by atoms with Gasteiger partial charge in [0.25, 0.3) is 5.56 Å². The summed E-state index contributed by atoms with van der Waals surface area (Å²) < 4.78 is 16.6. The maximum absolute atomic E-state index is 14.0. The molecule has 4 rings (SSSR count). The van der Waals surface area contributed by atoms with Gasteiger partial charge in [0, 0.05) is 22.3 Å². The summed E-state index contributed by atoms with van der Waals surface area (Å²) in [5, 5.41) is 19.7. The quantitative estimate of drug-likeness (QED) is 0.365. The molecular weight excluding hydrogens is 514 g/mol. The van der Waals surface area contributed by atoms with E-state index in [0.717, 1.165) is 16.7 Å². The molecule has 0 spiro atoms. The minimum atomic E-state index is -1.43. The first-order valence-electron chi connectivity index (χ1n) is 10.5. The Morgan fingerprint density at radius 1 is 1.17 bits per heavy atom. The number of carboxylic acid groups (broad SMARTS) is 1. The van der Waals surface area contributed by atoms with Crippen LogP contribution in [0.2, 0.25) is 10.2 Å². The number of nitrogens with zero attached hydrogens (tertiary/aromatic N) is 5. The Morgan fingerprint density at radius 2 is 1.94 bits per heavy atom. The fraction of sp³-hybridized carbons (Fsp3) is 0.130. The van der Waals surface area contributed by atoms with Crippen LogP contribution in [0.3, 0.4) is 0 Å². The molecule has 0 radical (unpaired) electrons. The van der Waals surface area contributed by atoms with Gasteiger partial charge in [-0.15, -0.1) is 5.10 Å². The molecule has 2 aromatic heterocycles. The number of carbonyl (C=O) groups excluding carboxylic acids is 1. The Kier molecular flexibility index (Phi) is 7.13. The van der Waals surface area contributed by atoms with Gasteiger partial charge in [-0.2, -0.15) is 0 Å². The van der Waals surface area contributed by atoms with Crippen molar-refractivity contribution in [2.75, 3.05) is 5.32 Å². The highest BCUT2D eigenvalue weighted by Gasteiger charge is 2.22. The van der Waals surface area contributed by atoms with Gasteiger partial charge in [0.05, 0.1) is 29.5 Å². The van der Waals surface area contributed by atoms with Gasteiger partial charge in [-0.1, -0.05) is 35.3 Å². The van der Waals surface area contributed by atoms with Crippen LogP contribution in [-0.4, -0.2) is 41.5 Å². The smallest absolute Gasteiger partial charge is 0.338 e. The summed E-state index contributed by atoms with van der Waals surface area (Å²) in [6, 6.07) is 8.42. The molecule has 4 aromatic rings. The van der Waals surface area contributed by atoms with E-state index in [0.29, 0.717) is 16.3 Å². The number of aromatic nitrogens is 5. The monoisotopic (exact) mass is 530 g/mol. The fourth-order valence-electron chi connectivity index (χ4n) is 3.57. The third kappa shape index (κ3) is 5.11. The van der Waals surface area contributed by atoms with Crippen molar-refractivity contribution in [2.45, 2.75) is 19.4 Å². The van der Waals surface area contributed by atoms with Gasteiger partial charge in [-0.25, -0.2) is 18.9 Å². The number of nitrogens with one attached hydrogen (secondary N) is 1. The zero-order valence-corrected chi connectivity index (χ0v) is 20.0. The second-order valence-electron chi connectivity index (χ2n) is 7.58.